The van der Waals surface area contributed by atoms with Crippen molar-refractivity contribution in [3.63, 3.8) is 0 Å². The molecule has 1 unspecified atom stereocenters. The summed E-state index contributed by atoms with van der Waals surface area (Å²) < 4.78 is 5.53. The van der Waals surface area contributed by atoms with Crippen molar-refractivity contribution in [1.29, 1.82) is 0 Å². The molecule has 0 N–H and O–H groups in total. The summed E-state index contributed by atoms with van der Waals surface area (Å²) in [6.45, 7) is 7.71. The van der Waals surface area contributed by atoms with E-state index in [1.807, 2.05) is 39.0 Å². The molecule has 1 atom stereocenters. The van der Waals surface area contributed by atoms with Crippen LogP contribution in [0.5, 0.6) is 0 Å². The number of benzene rings is 1. The maximum atomic E-state index is 12.5. The number of amides is 1. The molecular formula is C18H24ClNO3. The van der Waals surface area contributed by atoms with Crippen LogP contribution in [0.15, 0.2) is 18.2 Å². The summed E-state index contributed by atoms with van der Waals surface area (Å²) in [4.78, 5) is 25.7. The molecule has 1 aliphatic heterocycles. The SMILES string of the molecule is CC(=O)CCC1c2ccc(Cl)cc2CCN1C(=O)OC(C)(C)C. The number of rotatable bonds is 3. The van der Waals surface area contributed by atoms with Gasteiger partial charge in [-0.1, -0.05) is 17.7 Å². The first-order valence-corrected chi connectivity index (χ1v) is 8.32. The van der Waals surface area contributed by atoms with E-state index in [9.17, 15) is 9.59 Å². The van der Waals surface area contributed by atoms with Crippen molar-refractivity contribution in [2.45, 2.75) is 58.6 Å². The fourth-order valence-corrected chi connectivity index (χ4v) is 3.07. The Kier molecular flexibility index (Phi) is 5.35. The Hall–Kier alpha value is -1.55. The molecular weight excluding hydrogens is 314 g/mol. The van der Waals surface area contributed by atoms with Crippen LogP contribution in [0, 0.1) is 0 Å². The molecule has 0 bridgehead atoms. The molecule has 4 nitrogen and oxygen atoms in total. The zero-order valence-electron chi connectivity index (χ0n) is 14.2. The van der Waals surface area contributed by atoms with E-state index in [2.05, 4.69) is 0 Å². The molecule has 23 heavy (non-hydrogen) atoms. The number of hydrogen-bond donors (Lipinski definition) is 0. The van der Waals surface area contributed by atoms with Crippen LogP contribution in [-0.4, -0.2) is 28.9 Å². The van der Waals surface area contributed by atoms with Gasteiger partial charge in [0.2, 0.25) is 0 Å². The van der Waals surface area contributed by atoms with Gasteiger partial charge in [-0.15, -0.1) is 0 Å². The smallest absolute Gasteiger partial charge is 0.410 e. The number of ketones is 1. The van der Waals surface area contributed by atoms with E-state index in [1.54, 1.807) is 11.8 Å². The second-order valence-corrected chi connectivity index (χ2v) is 7.46. The van der Waals surface area contributed by atoms with Crippen molar-refractivity contribution in [3.05, 3.63) is 34.3 Å². The number of fused-ring (bicyclic) bond motifs is 1. The lowest BCUT2D eigenvalue weighted by Crippen LogP contribution is -2.43. The average molecular weight is 338 g/mol. The van der Waals surface area contributed by atoms with Gasteiger partial charge in [-0.2, -0.15) is 0 Å². The lowest BCUT2D eigenvalue weighted by atomic mass is 9.90. The monoisotopic (exact) mass is 337 g/mol. The molecule has 0 saturated heterocycles. The van der Waals surface area contributed by atoms with Crippen molar-refractivity contribution in [3.8, 4) is 0 Å². The highest BCUT2D eigenvalue weighted by atomic mass is 35.5. The second-order valence-electron chi connectivity index (χ2n) is 7.02. The molecule has 0 saturated carbocycles. The van der Waals surface area contributed by atoms with Crippen molar-refractivity contribution in [2.75, 3.05) is 6.54 Å². The van der Waals surface area contributed by atoms with E-state index >= 15 is 0 Å². The molecule has 126 valence electrons. The molecule has 0 aromatic heterocycles. The molecule has 1 aromatic rings. The van der Waals surface area contributed by atoms with Crippen LogP contribution < -0.4 is 0 Å². The van der Waals surface area contributed by atoms with E-state index in [1.165, 1.54) is 0 Å². The summed E-state index contributed by atoms with van der Waals surface area (Å²) >= 11 is 6.08. The maximum absolute atomic E-state index is 12.5. The van der Waals surface area contributed by atoms with Gasteiger partial charge in [-0.05, 0) is 63.8 Å². The van der Waals surface area contributed by atoms with Crippen LogP contribution >= 0.6 is 11.6 Å². The highest BCUT2D eigenvalue weighted by Crippen LogP contribution is 2.35. The Bertz CT molecular complexity index is 607. The number of hydrogen-bond acceptors (Lipinski definition) is 3. The van der Waals surface area contributed by atoms with Gasteiger partial charge < -0.3 is 14.4 Å². The van der Waals surface area contributed by atoms with Gasteiger partial charge in [0.25, 0.3) is 0 Å². The molecule has 5 heteroatoms. The molecule has 2 rings (SSSR count). The zero-order chi connectivity index (χ0) is 17.2. The summed E-state index contributed by atoms with van der Waals surface area (Å²) in [6.07, 6.45) is 1.45. The summed E-state index contributed by atoms with van der Waals surface area (Å²) in [5.41, 5.74) is 1.67. The number of carbonyl (C=O) groups excluding carboxylic acids is 2. The summed E-state index contributed by atoms with van der Waals surface area (Å²) in [7, 11) is 0. The third-order valence-corrected chi connectivity index (χ3v) is 4.10. The maximum Gasteiger partial charge on any atom is 0.410 e. The predicted molar refractivity (Wildman–Crippen MR) is 90.8 cm³/mol. The van der Waals surface area contributed by atoms with Crippen molar-refractivity contribution < 1.29 is 14.3 Å². The quantitative estimate of drug-likeness (QED) is 0.813. The van der Waals surface area contributed by atoms with Crippen LogP contribution in [0.25, 0.3) is 0 Å². The summed E-state index contributed by atoms with van der Waals surface area (Å²) in [6, 6.07) is 5.60. The molecule has 1 heterocycles. The Morgan fingerprint density at radius 1 is 1.35 bits per heavy atom. The van der Waals surface area contributed by atoms with Crippen molar-refractivity contribution in [1.82, 2.24) is 4.90 Å². The minimum Gasteiger partial charge on any atom is -0.444 e. The molecule has 0 aliphatic carbocycles. The highest BCUT2D eigenvalue weighted by Gasteiger charge is 2.33. The van der Waals surface area contributed by atoms with Gasteiger partial charge in [-0.3, -0.25) is 0 Å². The second kappa shape index (κ2) is 6.91. The third kappa shape index (κ3) is 4.71. The van der Waals surface area contributed by atoms with Gasteiger partial charge in [-0.25, -0.2) is 4.79 Å². The fourth-order valence-electron chi connectivity index (χ4n) is 2.87. The van der Waals surface area contributed by atoms with Gasteiger partial charge in [0, 0.05) is 18.0 Å². The minimum absolute atomic E-state index is 0.121. The first-order valence-electron chi connectivity index (χ1n) is 7.95. The predicted octanol–water partition coefficient (Wildman–Crippen LogP) is 4.54. The van der Waals surface area contributed by atoms with Crippen LogP contribution in [0.1, 0.15) is 57.7 Å². The van der Waals surface area contributed by atoms with Gasteiger partial charge in [0.05, 0.1) is 6.04 Å². The molecule has 1 amide bonds. The van der Waals surface area contributed by atoms with E-state index in [0.29, 0.717) is 24.4 Å². The van der Waals surface area contributed by atoms with Crippen molar-refractivity contribution in [2.24, 2.45) is 0 Å². The van der Waals surface area contributed by atoms with Crippen LogP contribution in [0.4, 0.5) is 4.79 Å². The Balaban J connectivity index is 2.29. The van der Waals surface area contributed by atoms with E-state index in [0.717, 1.165) is 17.5 Å². The lowest BCUT2D eigenvalue weighted by Gasteiger charge is -2.38. The zero-order valence-corrected chi connectivity index (χ0v) is 14.9. The lowest BCUT2D eigenvalue weighted by molar-refractivity contribution is -0.117. The van der Waals surface area contributed by atoms with E-state index < -0.39 is 5.60 Å². The molecule has 1 aromatic carbocycles. The Morgan fingerprint density at radius 3 is 2.65 bits per heavy atom. The van der Waals surface area contributed by atoms with Crippen LogP contribution in [0.3, 0.4) is 0 Å². The Labute approximate surface area is 142 Å². The molecule has 0 fully saturated rings. The molecule has 0 spiro atoms. The van der Waals surface area contributed by atoms with Crippen molar-refractivity contribution >= 4 is 23.5 Å². The number of Topliss-reactive ketones (excluding diaryl/α,β-unsaturated/α-hetero) is 1. The number of ether oxygens (including phenoxy) is 1. The minimum atomic E-state index is -0.539. The van der Waals surface area contributed by atoms with Gasteiger partial charge in [0.1, 0.15) is 11.4 Å². The van der Waals surface area contributed by atoms with Gasteiger partial charge >= 0.3 is 6.09 Å². The molecule has 1 aliphatic rings. The average Bonchev–Trinajstić information content (AvgIpc) is 2.42. The number of nitrogens with zero attached hydrogens (tertiary/aromatic N) is 1. The first kappa shape index (κ1) is 17.8. The van der Waals surface area contributed by atoms with Gasteiger partial charge in [0.15, 0.2) is 0 Å². The standard InChI is InChI=1S/C18H24ClNO3/c1-12(21)5-8-16-15-7-6-14(19)11-13(15)9-10-20(16)17(22)23-18(2,3)4/h6-7,11,16H,5,8-10H2,1-4H3. The third-order valence-electron chi connectivity index (χ3n) is 3.86. The van der Waals surface area contributed by atoms with E-state index in [4.69, 9.17) is 16.3 Å². The molecule has 0 radical (unpaired) electrons. The highest BCUT2D eigenvalue weighted by molar-refractivity contribution is 6.30. The largest absolute Gasteiger partial charge is 0.444 e. The Morgan fingerprint density at radius 2 is 2.04 bits per heavy atom. The first-order chi connectivity index (χ1) is 10.7. The fraction of sp³-hybridized carbons (Fsp3) is 0.556. The number of halogens is 1. The van der Waals surface area contributed by atoms with Crippen LogP contribution in [0.2, 0.25) is 5.02 Å². The number of carbonyl (C=O) groups is 2. The van der Waals surface area contributed by atoms with E-state index in [-0.39, 0.29) is 17.9 Å². The normalized spacial score (nSPS) is 17.6. The van der Waals surface area contributed by atoms with Crippen LogP contribution in [-0.2, 0) is 16.0 Å². The summed E-state index contributed by atoms with van der Waals surface area (Å²) in [5.74, 6) is 0.121. The topological polar surface area (TPSA) is 46.6 Å². The summed E-state index contributed by atoms with van der Waals surface area (Å²) in [5, 5.41) is 0.694.